The maximum atomic E-state index is 10.3. The van der Waals surface area contributed by atoms with Gasteiger partial charge in [0.1, 0.15) is 5.75 Å². The van der Waals surface area contributed by atoms with Crippen LogP contribution < -0.4 is 15.8 Å². The number of piperazine rings is 1. The number of nitrogen functional groups attached to an aromatic ring is 1. The zero-order valence-electron chi connectivity index (χ0n) is 16.9. The van der Waals surface area contributed by atoms with Crippen molar-refractivity contribution < 1.29 is 14.6 Å². The number of nitrogens with zero attached hydrogens (tertiary/aromatic N) is 2. The first-order valence-electron chi connectivity index (χ1n) is 10.2. The van der Waals surface area contributed by atoms with E-state index in [4.69, 9.17) is 15.6 Å². The first-order valence-corrected chi connectivity index (χ1v) is 11.0. The molecule has 0 spiro atoms. The van der Waals surface area contributed by atoms with Gasteiger partial charge in [0.15, 0.2) is 5.13 Å². The summed E-state index contributed by atoms with van der Waals surface area (Å²) in [6.07, 6.45) is 5.85. The molecule has 2 aliphatic rings. The van der Waals surface area contributed by atoms with Crippen LogP contribution in [0.1, 0.15) is 43.6 Å². The lowest BCUT2D eigenvalue weighted by Crippen LogP contribution is -2.45. The average molecular weight is 419 g/mol. The molecule has 1 aliphatic carbocycles. The molecular weight excluding hydrogens is 388 g/mol. The van der Waals surface area contributed by atoms with E-state index in [-0.39, 0.29) is 0 Å². The number of nitrogens with one attached hydrogen (secondary N) is 1. The lowest BCUT2D eigenvalue weighted by Gasteiger charge is -2.23. The molecule has 29 heavy (non-hydrogen) atoms. The SMILES string of the molecule is COc1ccc(C2CCCCC2)cc1-c1csc(N)n1.O=C(O)N1CCNCC1. The standard InChI is InChI=1S/C16H20N2OS.C5H10N2O2/c1-19-15-8-7-12(11-5-3-2-4-6-11)9-13(15)14-10-20-16(17)18-14;8-5(9)7-3-1-6-2-4-7/h7-11H,2-6H2,1H3,(H2,17,18);6H,1-4H2,(H,8,9). The number of aromatic nitrogens is 1. The van der Waals surface area contributed by atoms with E-state index in [1.807, 2.05) is 5.38 Å². The van der Waals surface area contributed by atoms with Gasteiger partial charge in [-0.3, -0.25) is 0 Å². The van der Waals surface area contributed by atoms with E-state index in [2.05, 4.69) is 28.5 Å². The van der Waals surface area contributed by atoms with Gasteiger partial charge in [-0.25, -0.2) is 9.78 Å². The summed E-state index contributed by atoms with van der Waals surface area (Å²) in [5, 5.41) is 14.1. The molecule has 1 aromatic carbocycles. The number of amides is 1. The molecule has 0 bridgehead atoms. The molecule has 2 aromatic rings. The van der Waals surface area contributed by atoms with Gasteiger partial charge >= 0.3 is 6.09 Å². The highest BCUT2D eigenvalue weighted by Gasteiger charge is 2.18. The fourth-order valence-electron chi connectivity index (χ4n) is 3.88. The second kappa shape index (κ2) is 10.5. The van der Waals surface area contributed by atoms with Crippen molar-refractivity contribution >= 4 is 22.6 Å². The molecule has 158 valence electrons. The van der Waals surface area contributed by atoms with Crippen molar-refractivity contribution in [2.24, 2.45) is 0 Å². The van der Waals surface area contributed by atoms with Crippen LogP contribution in [-0.2, 0) is 0 Å². The summed E-state index contributed by atoms with van der Waals surface area (Å²) in [6.45, 7) is 2.81. The summed E-state index contributed by atoms with van der Waals surface area (Å²) in [7, 11) is 1.70. The van der Waals surface area contributed by atoms with Crippen molar-refractivity contribution in [3.8, 4) is 17.0 Å². The van der Waals surface area contributed by atoms with Crippen molar-refractivity contribution in [1.82, 2.24) is 15.2 Å². The van der Waals surface area contributed by atoms with Crippen molar-refractivity contribution in [1.29, 1.82) is 0 Å². The quantitative estimate of drug-likeness (QED) is 0.696. The summed E-state index contributed by atoms with van der Waals surface area (Å²) < 4.78 is 5.48. The van der Waals surface area contributed by atoms with Gasteiger partial charge in [0.25, 0.3) is 0 Å². The van der Waals surface area contributed by atoms with Gasteiger partial charge in [0, 0.05) is 37.1 Å². The van der Waals surface area contributed by atoms with Crippen LogP contribution in [0.3, 0.4) is 0 Å². The predicted octanol–water partition coefficient (Wildman–Crippen LogP) is 4.02. The molecule has 1 aromatic heterocycles. The largest absolute Gasteiger partial charge is 0.496 e. The number of benzene rings is 1. The van der Waals surface area contributed by atoms with Gasteiger partial charge in [-0.2, -0.15) is 0 Å². The van der Waals surface area contributed by atoms with Gasteiger partial charge in [-0.1, -0.05) is 25.3 Å². The molecule has 1 saturated heterocycles. The van der Waals surface area contributed by atoms with Crippen LogP contribution >= 0.6 is 11.3 Å². The summed E-state index contributed by atoms with van der Waals surface area (Å²) >= 11 is 1.47. The van der Waals surface area contributed by atoms with Gasteiger partial charge in [-0.15, -0.1) is 11.3 Å². The van der Waals surface area contributed by atoms with Gasteiger partial charge < -0.3 is 25.8 Å². The highest BCUT2D eigenvalue weighted by atomic mass is 32.1. The van der Waals surface area contributed by atoms with Crippen LogP contribution in [0, 0.1) is 0 Å². The third-order valence-electron chi connectivity index (χ3n) is 5.49. The normalized spacial score (nSPS) is 17.3. The fraction of sp³-hybridized carbons (Fsp3) is 0.524. The van der Waals surface area contributed by atoms with Crippen molar-refractivity contribution in [2.45, 2.75) is 38.0 Å². The molecule has 1 amide bonds. The molecule has 1 aliphatic heterocycles. The fourth-order valence-corrected chi connectivity index (χ4v) is 4.45. The second-order valence-electron chi connectivity index (χ2n) is 7.39. The number of hydrogen-bond donors (Lipinski definition) is 3. The van der Waals surface area contributed by atoms with Crippen LogP contribution in [0.2, 0.25) is 0 Å². The minimum Gasteiger partial charge on any atom is -0.496 e. The van der Waals surface area contributed by atoms with E-state index in [0.29, 0.717) is 24.1 Å². The summed E-state index contributed by atoms with van der Waals surface area (Å²) in [6, 6.07) is 6.51. The van der Waals surface area contributed by atoms with E-state index in [9.17, 15) is 4.79 Å². The third kappa shape index (κ3) is 5.83. The molecular formula is C21H30N4O3S. The average Bonchev–Trinajstić information content (AvgIpc) is 3.21. The minimum absolute atomic E-state index is 0.602. The van der Waals surface area contributed by atoms with Gasteiger partial charge in [0.05, 0.1) is 12.8 Å². The predicted molar refractivity (Wildman–Crippen MR) is 117 cm³/mol. The molecule has 2 heterocycles. The Morgan fingerprint density at radius 2 is 2.00 bits per heavy atom. The number of nitrogens with two attached hydrogens (primary N) is 1. The monoisotopic (exact) mass is 418 g/mol. The first kappa shape index (κ1) is 21.4. The Kier molecular flexibility index (Phi) is 7.71. The lowest BCUT2D eigenvalue weighted by atomic mass is 9.83. The molecule has 0 atom stereocenters. The minimum atomic E-state index is -0.809. The zero-order valence-corrected chi connectivity index (χ0v) is 17.7. The van der Waals surface area contributed by atoms with E-state index in [1.54, 1.807) is 7.11 Å². The van der Waals surface area contributed by atoms with Crippen LogP contribution in [0.15, 0.2) is 23.6 Å². The number of carbonyl (C=O) groups is 1. The zero-order chi connectivity index (χ0) is 20.6. The molecule has 2 fully saturated rings. The number of methoxy groups -OCH3 is 1. The maximum absolute atomic E-state index is 10.3. The number of rotatable bonds is 3. The molecule has 0 radical (unpaired) electrons. The summed E-state index contributed by atoms with van der Waals surface area (Å²) in [5.41, 5.74) is 9.14. The Morgan fingerprint density at radius 3 is 2.55 bits per heavy atom. The van der Waals surface area contributed by atoms with E-state index in [1.165, 1.54) is 53.9 Å². The molecule has 8 heteroatoms. The Balaban J connectivity index is 0.000000224. The Bertz CT molecular complexity index is 799. The molecule has 4 N–H and O–H groups in total. The molecule has 0 unspecified atom stereocenters. The van der Waals surface area contributed by atoms with Crippen LogP contribution in [0.25, 0.3) is 11.3 Å². The number of thiazole rings is 1. The molecule has 1 saturated carbocycles. The Morgan fingerprint density at radius 1 is 1.28 bits per heavy atom. The topological polar surface area (TPSA) is 101 Å². The molecule has 4 rings (SSSR count). The highest BCUT2D eigenvalue weighted by molar-refractivity contribution is 7.13. The van der Waals surface area contributed by atoms with E-state index < -0.39 is 6.09 Å². The molecule has 7 nitrogen and oxygen atoms in total. The van der Waals surface area contributed by atoms with Gasteiger partial charge in [-0.05, 0) is 36.5 Å². The number of ether oxygens (including phenoxy) is 1. The highest BCUT2D eigenvalue weighted by Crippen LogP contribution is 2.38. The maximum Gasteiger partial charge on any atom is 0.407 e. The van der Waals surface area contributed by atoms with Gasteiger partial charge in [0.2, 0.25) is 0 Å². The van der Waals surface area contributed by atoms with Crippen LogP contribution in [-0.4, -0.2) is 54.4 Å². The smallest absolute Gasteiger partial charge is 0.407 e. The van der Waals surface area contributed by atoms with E-state index >= 15 is 0 Å². The lowest BCUT2D eigenvalue weighted by molar-refractivity contribution is 0.139. The summed E-state index contributed by atoms with van der Waals surface area (Å²) in [5.74, 6) is 1.55. The van der Waals surface area contributed by atoms with Crippen LogP contribution in [0.4, 0.5) is 9.93 Å². The number of anilines is 1. The van der Waals surface area contributed by atoms with Crippen LogP contribution in [0.5, 0.6) is 5.75 Å². The van der Waals surface area contributed by atoms with E-state index in [0.717, 1.165) is 30.1 Å². The number of carboxylic acid groups (broad SMARTS) is 1. The van der Waals surface area contributed by atoms with Crippen molar-refractivity contribution in [3.63, 3.8) is 0 Å². The second-order valence-corrected chi connectivity index (χ2v) is 8.27. The third-order valence-corrected chi connectivity index (χ3v) is 6.16. The van der Waals surface area contributed by atoms with Crippen molar-refractivity contribution in [2.75, 3.05) is 39.0 Å². The first-order chi connectivity index (χ1) is 14.1. The Hall–Kier alpha value is -2.32. The summed E-state index contributed by atoms with van der Waals surface area (Å²) in [4.78, 5) is 16.1. The number of hydrogen-bond acceptors (Lipinski definition) is 6. The van der Waals surface area contributed by atoms with Crippen molar-refractivity contribution in [3.05, 3.63) is 29.1 Å². The Labute approximate surface area is 175 Å².